The van der Waals surface area contributed by atoms with Gasteiger partial charge in [-0.1, -0.05) is 127 Å². The van der Waals surface area contributed by atoms with Crippen molar-refractivity contribution in [2.45, 2.75) is 148 Å². The van der Waals surface area contributed by atoms with Crippen LogP contribution in [0.3, 0.4) is 0 Å². The lowest BCUT2D eigenvalue weighted by molar-refractivity contribution is -0.0641. The fraction of sp³-hybridized carbons (Fsp3) is 0.816. The molecule has 0 amide bonds. The molecule has 0 spiro atoms. The van der Waals surface area contributed by atoms with E-state index in [4.69, 9.17) is 0 Å². The number of hydrogen-bond donors (Lipinski definition) is 0. The van der Waals surface area contributed by atoms with Crippen molar-refractivity contribution in [1.29, 1.82) is 0 Å². The Balaban J connectivity index is 4.33. The van der Waals surface area contributed by atoms with Crippen LogP contribution in [-0.2, 0) is 0 Å². The molecule has 221 valence electrons. The van der Waals surface area contributed by atoms with E-state index in [1.807, 2.05) is 5.92 Å². The summed E-state index contributed by atoms with van der Waals surface area (Å²) in [6, 6.07) is 11.8. The zero-order chi connectivity index (χ0) is 29.3. The molecule has 0 aliphatic carbocycles. The van der Waals surface area contributed by atoms with E-state index < -0.39 is 0 Å². The van der Waals surface area contributed by atoms with E-state index in [-0.39, 0.29) is 10.8 Å². The largest absolute Gasteiger partial charge is 0.0628 e. The number of benzene rings is 1. The second kappa shape index (κ2) is 15.9. The van der Waals surface area contributed by atoms with Gasteiger partial charge in [-0.2, -0.15) is 0 Å². The van der Waals surface area contributed by atoms with Crippen molar-refractivity contribution in [2.24, 2.45) is 52.3 Å². The van der Waals surface area contributed by atoms with Crippen LogP contribution in [0.5, 0.6) is 0 Å². The van der Waals surface area contributed by atoms with Gasteiger partial charge in [-0.25, -0.2) is 0 Å². The Morgan fingerprint density at radius 2 is 0.895 bits per heavy atom. The van der Waals surface area contributed by atoms with Gasteiger partial charge in [-0.3, -0.25) is 0 Å². The summed E-state index contributed by atoms with van der Waals surface area (Å²) in [6.45, 7) is 34.8. The molecule has 1 radical (unpaired) electrons. The van der Waals surface area contributed by atoms with Crippen molar-refractivity contribution in [3.05, 3.63) is 41.8 Å². The second-order valence-electron chi connectivity index (χ2n) is 16.0. The molecule has 0 N–H and O–H groups in total. The molecular formula is C38H69. The lowest BCUT2D eigenvalue weighted by atomic mass is 9.42. The highest BCUT2D eigenvalue weighted by atomic mass is 14.6. The van der Waals surface area contributed by atoms with Crippen molar-refractivity contribution in [1.82, 2.24) is 0 Å². The Bertz CT molecular complexity index is 703. The average molecular weight is 526 g/mol. The van der Waals surface area contributed by atoms with Crippen LogP contribution in [0.25, 0.3) is 0 Å². The van der Waals surface area contributed by atoms with Crippen molar-refractivity contribution in [3.8, 4) is 0 Å². The molecular weight excluding hydrogens is 456 g/mol. The Morgan fingerprint density at radius 3 is 1.21 bits per heavy atom. The maximum Gasteiger partial charge on any atom is -0.00972 e. The molecule has 1 atom stereocenters. The van der Waals surface area contributed by atoms with Crippen LogP contribution in [0.4, 0.5) is 0 Å². The lowest BCUT2D eigenvalue weighted by Gasteiger charge is -2.62. The maximum absolute atomic E-state index is 2.51. The SMILES string of the molecule is CC(C)C[C](CC(C)C)C(CC(C)C)(CC(C)C)C(CC(C)C)(CC(C)C)C(CC(C)C)c1ccccc1. The molecule has 0 aliphatic rings. The van der Waals surface area contributed by atoms with Gasteiger partial charge >= 0.3 is 0 Å². The van der Waals surface area contributed by atoms with Gasteiger partial charge in [-0.05, 0) is 115 Å². The monoisotopic (exact) mass is 526 g/mol. The third-order valence-corrected chi connectivity index (χ3v) is 8.57. The smallest absolute Gasteiger partial charge is 0.00972 e. The molecule has 38 heavy (non-hydrogen) atoms. The molecule has 1 aromatic rings. The van der Waals surface area contributed by atoms with E-state index in [9.17, 15) is 0 Å². The first-order chi connectivity index (χ1) is 17.6. The highest BCUT2D eigenvalue weighted by Crippen LogP contribution is 2.68. The number of hydrogen-bond acceptors (Lipinski definition) is 0. The van der Waals surface area contributed by atoms with Crippen LogP contribution in [0.2, 0.25) is 0 Å². The van der Waals surface area contributed by atoms with Crippen molar-refractivity contribution < 1.29 is 0 Å². The van der Waals surface area contributed by atoms with Crippen LogP contribution >= 0.6 is 0 Å². The van der Waals surface area contributed by atoms with E-state index >= 15 is 0 Å². The molecule has 0 nitrogen and oxygen atoms in total. The van der Waals surface area contributed by atoms with Gasteiger partial charge in [-0.15, -0.1) is 0 Å². The molecule has 1 aromatic carbocycles. The molecule has 0 heteroatoms. The summed E-state index contributed by atoms with van der Waals surface area (Å²) in [5.74, 6) is 7.24. The van der Waals surface area contributed by atoms with E-state index in [0.29, 0.717) is 47.3 Å². The Labute approximate surface area is 241 Å². The molecule has 1 unspecified atom stereocenters. The van der Waals surface area contributed by atoms with E-state index in [1.165, 1.54) is 44.9 Å². The zero-order valence-electron chi connectivity index (χ0n) is 28.5. The summed E-state index contributed by atoms with van der Waals surface area (Å²) < 4.78 is 0. The molecule has 0 saturated heterocycles. The van der Waals surface area contributed by atoms with Crippen LogP contribution in [0, 0.1) is 58.2 Å². The van der Waals surface area contributed by atoms with Crippen LogP contribution < -0.4 is 0 Å². The summed E-state index contributed by atoms with van der Waals surface area (Å²) in [5, 5.41) is 0. The van der Waals surface area contributed by atoms with Gasteiger partial charge in [0, 0.05) is 0 Å². The Morgan fingerprint density at radius 1 is 0.500 bits per heavy atom. The first kappa shape index (κ1) is 35.2. The van der Waals surface area contributed by atoms with Gasteiger partial charge in [0.2, 0.25) is 0 Å². The van der Waals surface area contributed by atoms with Crippen molar-refractivity contribution >= 4 is 0 Å². The predicted molar refractivity (Wildman–Crippen MR) is 173 cm³/mol. The summed E-state index contributed by atoms with van der Waals surface area (Å²) in [7, 11) is 0. The highest BCUT2D eigenvalue weighted by molar-refractivity contribution is 5.28. The first-order valence-corrected chi connectivity index (χ1v) is 16.5. The maximum atomic E-state index is 2.51. The molecule has 0 fully saturated rings. The predicted octanol–water partition coefficient (Wildman–Crippen LogP) is 12.6. The van der Waals surface area contributed by atoms with Crippen LogP contribution in [-0.4, -0.2) is 0 Å². The Kier molecular flexibility index (Phi) is 14.7. The zero-order valence-corrected chi connectivity index (χ0v) is 28.5. The minimum atomic E-state index is 0.230. The normalized spacial score (nSPS) is 14.5. The van der Waals surface area contributed by atoms with E-state index in [2.05, 4.69) is 127 Å². The molecule has 0 aromatic heterocycles. The first-order valence-electron chi connectivity index (χ1n) is 16.5. The van der Waals surface area contributed by atoms with E-state index in [1.54, 1.807) is 5.56 Å². The fourth-order valence-corrected chi connectivity index (χ4v) is 8.37. The van der Waals surface area contributed by atoms with Crippen molar-refractivity contribution in [3.63, 3.8) is 0 Å². The molecule has 1 rings (SSSR count). The van der Waals surface area contributed by atoms with Crippen LogP contribution in [0.1, 0.15) is 153 Å². The fourth-order valence-electron chi connectivity index (χ4n) is 8.37. The molecule has 0 saturated carbocycles. The quantitative estimate of drug-likeness (QED) is 0.179. The van der Waals surface area contributed by atoms with Gasteiger partial charge in [0.1, 0.15) is 0 Å². The summed E-state index contributed by atoms with van der Waals surface area (Å²) in [6.07, 6.45) is 9.10. The topological polar surface area (TPSA) is 0 Å². The summed E-state index contributed by atoms with van der Waals surface area (Å²) in [5.41, 5.74) is 2.05. The average Bonchev–Trinajstić information content (AvgIpc) is 2.74. The lowest BCUT2D eigenvalue weighted by Crippen LogP contribution is -2.53. The standard InChI is InChI=1S/C38H69/c1-27(2)20-35(21-28(3)4)37(23-30(7)8,24-31(9)10)38(25-32(11)12,26-33(13)14)36(22-29(5)6)34-18-16-15-17-19-34/h15-19,27-33,36H,20-26H2,1-14H3. The third-order valence-electron chi connectivity index (χ3n) is 8.57. The third kappa shape index (κ3) is 10.0. The molecule has 0 aliphatic heterocycles. The second-order valence-corrected chi connectivity index (χ2v) is 16.0. The molecule has 0 bridgehead atoms. The highest BCUT2D eigenvalue weighted by Gasteiger charge is 2.58. The number of rotatable bonds is 18. The minimum absolute atomic E-state index is 0.230. The Hall–Kier alpha value is -0.780. The minimum Gasteiger partial charge on any atom is -0.0628 e. The van der Waals surface area contributed by atoms with Gasteiger partial charge < -0.3 is 0 Å². The van der Waals surface area contributed by atoms with Crippen LogP contribution in [0.15, 0.2) is 30.3 Å². The molecule has 0 heterocycles. The summed E-state index contributed by atoms with van der Waals surface area (Å²) in [4.78, 5) is 0. The van der Waals surface area contributed by atoms with E-state index in [0.717, 1.165) is 0 Å². The van der Waals surface area contributed by atoms with Crippen molar-refractivity contribution in [2.75, 3.05) is 0 Å². The summed E-state index contributed by atoms with van der Waals surface area (Å²) >= 11 is 0. The van der Waals surface area contributed by atoms with Gasteiger partial charge in [0.25, 0.3) is 0 Å². The van der Waals surface area contributed by atoms with Gasteiger partial charge in [0.15, 0.2) is 0 Å². The van der Waals surface area contributed by atoms with Gasteiger partial charge in [0.05, 0.1) is 0 Å².